The number of aliphatic hydroxyl groups is 1. The van der Waals surface area contributed by atoms with E-state index in [1.54, 1.807) is 17.0 Å². The molecular formula is C16H16BrFN2O2. The Bertz CT molecular complexity index is 715. The predicted octanol–water partition coefficient (Wildman–Crippen LogP) is 2.38. The molecule has 2 aromatic carbocycles. The third kappa shape index (κ3) is 2.80. The maximum atomic E-state index is 14.7. The third-order valence-corrected chi connectivity index (χ3v) is 4.50. The molecule has 1 aliphatic rings. The molecule has 0 radical (unpaired) electrons. The summed E-state index contributed by atoms with van der Waals surface area (Å²) in [5, 5.41) is 10.3. The fraction of sp³-hybridized carbons (Fsp3) is 0.312. The van der Waals surface area contributed by atoms with Crippen molar-refractivity contribution >= 4 is 38.3 Å². The molecule has 0 aromatic heterocycles. The molecule has 22 heavy (non-hydrogen) atoms. The number of nitrogens with zero attached hydrogens (tertiary/aromatic N) is 2. The molecular weight excluding hydrogens is 351 g/mol. The molecule has 1 aliphatic heterocycles. The van der Waals surface area contributed by atoms with Crippen molar-refractivity contribution in [3.8, 4) is 0 Å². The number of hydrogen-bond acceptors (Lipinski definition) is 3. The number of aliphatic hydroxyl groups excluding tert-OH is 1. The molecule has 0 bridgehead atoms. The topological polar surface area (TPSA) is 43.8 Å². The average molecular weight is 367 g/mol. The first-order valence-electron chi connectivity index (χ1n) is 7.11. The summed E-state index contributed by atoms with van der Waals surface area (Å²) in [5.41, 5.74) is 0.561. The maximum Gasteiger partial charge on any atom is 0.248 e. The molecule has 1 heterocycles. The van der Waals surface area contributed by atoms with E-state index < -0.39 is 6.61 Å². The van der Waals surface area contributed by atoms with E-state index in [0.717, 1.165) is 9.86 Å². The number of amides is 1. The van der Waals surface area contributed by atoms with E-state index >= 15 is 0 Å². The minimum absolute atomic E-state index is 0.230. The number of rotatable bonds is 2. The van der Waals surface area contributed by atoms with E-state index in [1.165, 1.54) is 0 Å². The van der Waals surface area contributed by atoms with Gasteiger partial charge in [-0.2, -0.15) is 0 Å². The molecule has 0 atom stereocenters. The monoisotopic (exact) mass is 366 g/mol. The lowest BCUT2D eigenvalue weighted by molar-refractivity contribution is -0.134. The minimum Gasteiger partial charge on any atom is -0.387 e. The Morgan fingerprint density at radius 3 is 2.59 bits per heavy atom. The fourth-order valence-electron chi connectivity index (χ4n) is 2.79. The molecule has 0 spiro atoms. The molecule has 3 rings (SSSR count). The standard InChI is InChI=1S/C16H16BrFN2O2/c17-12-2-3-13-11(9-12)1-4-14(16(13)18)19-5-7-20(8-6-19)15(22)10-21/h1-4,9,21H,5-8,10H2. The van der Waals surface area contributed by atoms with Crippen molar-refractivity contribution < 1.29 is 14.3 Å². The third-order valence-electron chi connectivity index (χ3n) is 4.00. The summed E-state index contributed by atoms with van der Waals surface area (Å²) < 4.78 is 15.6. The maximum absolute atomic E-state index is 14.7. The zero-order valence-electron chi connectivity index (χ0n) is 11.9. The van der Waals surface area contributed by atoms with Crippen LogP contribution in [0.4, 0.5) is 10.1 Å². The highest BCUT2D eigenvalue weighted by Crippen LogP contribution is 2.29. The summed E-state index contributed by atoms with van der Waals surface area (Å²) in [6.45, 7) is 1.64. The van der Waals surface area contributed by atoms with Crippen molar-refractivity contribution in [3.63, 3.8) is 0 Å². The van der Waals surface area contributed by atoms with Gasteiger partial charge in [0.15, 0.2) is 5.82 Å². The van der Waals surface area contributed by atoms with Crippen molar-refractivity contribution in [2.24, 2.45) is 0 Å². The molecule has 1 saturated heterocycles. The van der Waals surface area contributed by atoms with Gasteiger partial charge in [0.2, 0.25) is 5.91 Å². The lowest BCUT2D eigenvalue weighted by atomic mass is 10.1. The minimum atomic E-state index is -0.473. The van der Waals surface area contributed by atoms with Crippen molar-refractivity contribution in [3.05, 3.63) is 40.6 Å². The van der Waals surface area contributed by atoms with Gasteiger partial charge < -0.3 is 14.9 Å². The van der Waals surface area contributed by atoms with Gasteiger partial charge in [-0.15, -0.1) is 0 Å². The van der Waals surface area contributed by atoms with Crippen LogP contribution in [0, 0.1) is 5.82 Å². The summed E-state index contributed by atoms with van der Waals surface area (Å²) >= 11 is 3.39. The first-order chi connectivity index (χ1) is 10.6. The molecule has 0 unspecified atom stereocenters. The van der Waals surface area contributed by atoms with Crippen molar-refractivity contribution in [1.82, 2.24) is 4.90 Å². The van der Waals surface area contributed by atoms with Crippen LogP contribution >= 0.6 is 15.9 Å². The summed E-state index contributed by atoms with van der Waals surface area (Å²) in [7, 11) is 0. The van der Waals surface area contributed by atoms with E-state index in [0.29, 0.717) is 37.3 Å². The number of carbonyl (C=O) groups is 1. The van der Waals surface area contributed by atoms with E-state index in [2.05, 4.69) is 15.9 Å². The molecule has 116 valence electrons. The van der Waals surface area contributed by atoms with Crippen LogP contribution in [-0.2, 0) is 4.79 Å². The van der Waals surface area contributed by atoms with Gasteiger partial charge in [-0.3, -0.25) is 4.79 Å². The van der Waals surface area contributed by atoms with Crippen LogP contribution in [0.3, 0.4) is 0 Å². The molecule has 4 nitrogen and oxygen atoms in total. The number of fused-ring (bicyclic) bond motifs is 1. The number of anilines is 1. The lowest BCUT2D eigenvalue weighted by Gasteiger charge is -2.36. The molecule has 0 aliphatic carbocycles. The number of carbonyl (C=O) groups excluding carboxylic acids is 1. The predicted molar refractivity (Wildman–Crippen MR) is 87.5 cm³/mol. The van der Waals surface area contributed by atoms with Crippen LogP contribution in [-0.4, -0.2) is 48.7 Å². The Morgan fingerprint density at radius 2 is 1.91 bits per heavy atom. The Hall–Kier alpha value is -1.66. The van der Waals surface area contributed by atoms with Crippen LogP contribution < -0.4 is 4.90 Å². The Balaban J connectivity index is 1.84. The summed E-state index contributed by atoms with van der Waals surface area (Å²) in [6, 6.07) is 9.17. The molecule has 0 saturated carbocycles. The Morgan fingerprint density at radius 1 is 1.18 bits per heavy atom. The molecule has 6 heteroatoms. The van der Waals surface area contributed by atoms with Gasteiger partial charge >= 0.3 is 0 Å². The highest BCUT2D eigenvalue weighted by Gasteiger charge is 2.22. The van der Waals surface area contributed by atoms with E-state index in [1.807, 2.05) is 23.1 Å². The Labute approximate surface area is 136 Å². The number of benzene rings is 2. The zero-order chi connectivity index (χ0) is 15.7. The second-order valence-electron chi connectivity index (χ2n) is 5.29. The first-order valence-corrected chi connectivity index (χ1v) is 7.91. The van der Waals surface area contributed by atoms with Gasteiger partial charge in [0.1, 0.15) is 6.61 Å². The van der Waals surface area contributed by atoms with E-state index in [-0.39, 0.29) is 11.7 Å². The van der Waals surface area contributed by atoms with Crippen LogP contribution in [0.2, 0.25) is 0 Å². The second kappa shape index (κ2) is 6.22. The van der Waals surface area contributed by atoms with Crippen molar-refractivity contribution in [1.29, 1.82) is 0 Å². The lowest BCUT2D eigenvalue weighted by Crippen LogP contribution is -2.49. The van der Waals surface area contributed by atoms with Gasteiger partial charge in [-0.1, -0.05) is 28.1 Å². The average Bonchev–Trinajstić information content (AvgIpc) is 2.54. The highest BCUT2D eigenvalue weighted by molar-refractivity contribution is 9.10. The van der Waals surface area contributed by atoms with Crippen molar-refractivity contribution in [2.75, 3.05) is 37.7 Å². The molecule has 1 fully saturated rings. The van der Waals surface area contributed by atoms with Crippen LogP contribution in [0.25, 0.3) is 10.8 Å². The number of piperazine rings is 1. The van der Waals surface area contributed by atoms with E-state index in [9.17, 15) is 9.18 Å². The van der Waals surface area contributed by atoms with Gasteiger partial charge in [-0.25, -0.2) is 4.39 Å². The summed E-state index contributed by atoms with van der Waals surface area (Å²) in [4.78, 5) is 15.0. The van der Waals surface area contributed by atoms with Gasteiger partial charge in [-0.05, 0) is 23.6 Å². The smallest absolute Gasteiger partial charge is 0.248 e. The quantitative estimate of drug-likeness (QED) is 0.887. The first kappa shape index (κ1) is 15.2. The fourth-order valence-corrected chi connectivity index (χ4v) is 3.17. The van der Waals surface area contributed by atoms with Gasteiger partial charge in [0, 0.05) is 36.0 Å². The second-order valence-corrected chi connectivity index (χ2v) is 6.21. The van der Waals surface area contributed by atoms with E-state index in [4.69, 9.17) is 5.11 Å². The van der Waals surface area contributed by atoms with Crippen molar-refractivity contribution in [2.45, 2.75) is 0 Å². The molecule has 1 amide bonds. The molecule has 2 aromatic rings. The number of hydrogen-bond donors (Lipinski definition) is 1. The highest BCUT2D eigenvalue weighted by atomic mass is 79.9. The van der Waals surface area contributed by atoms with Gasteiger partial charge in [0.25, 0.3) is 0 Å². The van der Waals surface area contributed by atoms with Crippen LogP contribution in [0.1, 0.15) is 0 Å². The van der Waals surface area contributed by atoms with Crippen LogP contribution in [0.15, 0.2) is 34.8 Å². The molecule has 1 N–H and O–H groups in total. The summed E-state index contributed by atoms with van der Waals surface area (Å²) in [5.74, 6) is -0.504. The SMILES string of the molecule is O=C(CO)N1CCN(c2ccc3cc(Br)ccc3c2F)CC1. The number of halogens is 2. The zero-order valence-corrected chi connectivity index (χ0v) is 13.5. The van der Waals surface area contributed by atoms with Crippen LogP contribution in [0.5, 0.6) is 0 Å². The Kier molecular flexibility index (Phi) is 4.31. The summed E-state index contributed by atoms with van der Waals surface area (Å²) in [6.07, 6.45) is 0. The normalized spacial score (nSPS) is 15.4. The largest absolute Gasteiger partial charge is 0.387 e. The van der Waals surface area contributed by atoms with Gasteiger partial charge in [0.05, 0.1) is 5.69 Å².